The molecule has 172 valence electrons. The minimum atomic E-state index is 0.0204. The van der Waals surface area contributed by atoms with Gasteiger partial charge in [-0.2, -0.15) is 0 Å². The van der Waals surface area contributed by atoms with Crippen LogP contribution in [0, 0.1) is 25.7 Å². The van der Waals surface area contributed by atoms with Gasteiger partial charge in [-0.3, -0.25) is 14.5 Å². The number of amides is 2. The standard InChI is InChI=1S/C26H31N5O2/c1-17-7-8-31-23(19(3)27-24(31)13-17)16-29-9-11-30(12-10-29)26(33)20-5-4-6-21(15-20)28-25(32)22-14-18(22)2/h4-8,13,15,18,22H,9-12,14,16H2,1-3H3,(H,28,32). The number of rotatable bonds is 5. The van der Waals surface area contributed by atoms with E-state index in [1.54, 1.807) is 6.07 Å². The third-order valence-corrected chi connectivity index (χ3v) is 6.94. The Balaban J connectivity index is 1.20. The van der Waals surface area contributed by atoms with Gasteiger partial charge in [-0.1, -0.05) is 13.0 Å². The second-order valence-electron chi connectivity index (χ2n) is 9.53. The lowest BCUT2D eigenvalue weighted by atomic mass is 10.1. The fourth-order valence-electron chi connectivity index (χ4n) is 4.66. The molecule has 2 aromatic heterocycles. The first kappa shape index (κ1) is 21.6. The molecule has 2 aliphatic rings. The van der Waals surface area contributed by atoms with Crippen molar-refractivity contribution < 1.29 is 9.59 Å². The average Bonchev–Trinajstić information content (AvgIpc) is 3.47. The lowest BCUT2D eigenvalue weighted by Gasteiger charge is -2.34. The number of carbonyl (C=O) groups excluding carboxylic acids is 2. The van der Waals surface area contributed by atoms with E-state index in [4.69, 9.17) is 4.98 Å². The average molecular weight is 446 g/mol. The molecule has 1 aliphatic heterocycles. The quantitative estimate of drug-likeness (QED) is 0.653. The summed E-state index contributed by atoms with van der Waals surface area (Å²) in [7, 11) is 0. The van der Waals surface area contributed by atoms with E-state index < -0.39 is 0 Å². The molecular weight excluding hydrogens is 414 g/mol. The van der Waals surface area contributed by atoms with Crippen LogP contribution in [0.1, 0.15) is 40.7 Å². The van der Waals surface area contributed by atoms with Gasteiger partial charge in [0.1, 0.15) is 5.65 Å². The van der Waals surface area contributed by atoms with Crippen molar-refractivity contribution in [2.45, 2.75) is 33.7 Å². The van der Waals surface area contributed by atoms with E-state index in [0.29, 0.717) is 30.3 Å². The van der Waals surface area contributed by atoms with Crippen molar-refractivity contribution in [1.82, 2.24) is 19.2 Å². The smallest absolute Gasteiger partial charge is 0.254 e. The molecule has 1 aliphatic carbocycles. The highest BCUT2D eigenvalue weighted by molar-refractivity contribution is 5.98. The van der Waals surface area contributed by atoms with E-state index in [1.807, 2.05) is 23.1 Å². The van der Waals surface area contributed by atoms with Crippen LogP contribution in [-0.2, 0) is 11.3 Å². The molecule has 0 radical (unpaired) electrons. The molecule has 0 spiro atoms. The zero-order valence-electron chi connectivity index (χ0n) is 19.5. The molecular formula is C26H31N5O2. The van der Waals surface area contributed by atoms with E-state index in [2.05, 4.69) is 53.7 Å². The predicted molar refractivity (Wildman–Crippen MR) is 128 cm³/mol. The van der Waals surface area contributed by atoms with Gasteiger partial charge in [0.25, 0.3) is 5.91 Å². The Kier molecular flexibility index (Phi) is 5.66. The third-order valence-electron chi connectivity index (χ3n) is 6.94. The molecule has 3 aromatic rings. The van der Waals surface area contributed by atoms with Gasteiger partial charge >= 0.3 is 0 Å². The van der Waals surface area contributed by atoms with E-state index in [1.165, 1.54) is 11.3 Å². The summed E-state index contributed by atoms with van der Waals surface area (Å²) < 4.78 is 2.17. The number of anilines is 1. The van der Waals surface area contributed by atoms with Crippen molar-refractivity contribution in [3.05, 3.63) is 65.1 Å². The predicted octanol–water partition coefficient (Wildman–Crippen LogP) is 3.50. The second kappa shape index (κ2) is 8.63. The molecule has 7 nitrogen and oxygen atoms in total. The van der Waals surface area contributed by atoms with Crippen LogP contribution in [0.5, 0.6) is 0 Å². The summed E-state index contributed by atoms with van der Waals surface area (Å²) in [5.41, 5.74) is 5.77. The van der Waals surface area contributed by atoms with Crippen LogP contribution in [0.3, 0.4) is 0 Å². The first-order valence-corrected chi connectivity index (χ1v) is 11.8. The summed E-state index contributed by atoms with van der Waals surface area (Å²) in [6, 6.07) is 11.5. The minimum absolute atomic E-state index is 0.0204. The molecule has 1 N–H and O–H groups in total. The lowest BCUT2D eigenvalue weighted by molar-refractivity contribution is -0.117. The largest absolute Gasteiger partial charge is 0.336 e. The Hall–Kier alpha value is -3.19. The van der Waals surface area contributed by atoms with Gasteiger partial charge in [0.2, 0.25) is 5.91 Å². The SMILES string of the molecule is Cc1ccn2c(CN3CCN(C(=O)c4cccc(NC(=O)C5CC5C)c4)CC3)c(C)nc2c1. The molecule has 1 saturated heterocycles. The number of fused-ring (bicyclic) bond motifs is 1. The normalized spacial score (nSPS) is 20.8. The van der Waals surface area contributed by atoms with E-state index in [0.717, 1.165) is 37.4 Å². The molecule has 1 aromatic carbocycles. The first-order chi connectivity index (χ1) is 15.9. The van der Waals surface area contributed by atoms with Crippen molar-refractivity contribution in [3.63, 3.8) is 0 Å². The first-order valence-electron chi connectivity index (χ1n) is 11.8. The van der Waals surface area contributed by atoms with Gasteiger partial charge in [0.05, 0.1) is 11.4 Å². The molecule has 5 rings (SSSR count). The Morgan fingerprint density at radius 1 is 1.09 bits per heavy atom. The molecule has 3 heterocycles. The minimum Gasteiger partial charge on any atom is -0.336 e. The van der Waals surface area contributed by atoms with Gasteiger partial charge in [0.15, 0.2) is 0 Å². The van der Waals surface area contributed by atoms with Crippen molar-refractivity contribution in [1.29, 1.82) is 0 Å². The maximum Gasteiger partial charge on any atom is 0.254 e. The van der Waals surface area contributed by atoms with Gasteiger partial charge < -0.3 is 14.6 Å². The van der Waals surface area contributed by atoms with Crippen LogP contribution in [0.2, 0.25) is 0 Å². The van der Waals surface area contributed by atoms with Gasteiger partial charge in [0, 0.05) is 56.1 Å². The van der Waals surface area contributed by atoms with E-state index in [9.17, 15) is 9.59 Å². The fraction of sp³-hybridized carbons (Fsp3) is 0.423. The number of hydrogen-bond donors (Lipinski definition) is 1. The third kappa shape index (κ3) is 4.50. The van der Waals surface area contributed by atoms with Crippen molar-refractivity contribution in [2.75, 3.05) is 31.5 Å². The molecule has 0 bridgehead atoms. The Morgan fingerprint density at radius 2 is 1.85 bits per heavy atom. The maximum absolute atomic E-state index is 13.1. The molecule has 2 fully saturated rings. The number of nitrogens with one attached hydrogen (secondary N) is 1. The van der Waals surface area contributed by atoms with Gasteiger partial charge in [-0.15, -0.1) is 0 Å². The number of nitrogens with zero attached hydrogens (tertiary/aromatic N) is 4. The molecule has 1 saturated carbocycles. The van der Waals surface area contributed by atoms with Crippen LogP contribution in [-0.4, -0.2) is 57.2 Å². The number of imidazole rings is 1. The summed E-state index contributed by atoms with van der Waals surface area (Å²) >= 11 is 0. The second-order valence-corrected chi connectivity index (χ2v) is 9.53. The highest BCUT2D eigenvalue weighted by Crippen LogP contribution is 2.38. The molecule has 33 heavy (non-hydrogen) atoms. The zero-order chi connectivity index (χ0) is 23.1. The van der Waals surface area contributed by atoms with Crippen LogP contribution in [0.15, 0.2) is 42.6 Å². The summed E-state index contributed by atoms with van der Waals surface area (Å²) in [6.45, 7) is 10.1. The Labute approximate surface area is 194 Å². The summed E-state index contributed by atoms with van der Waals surface area (Å²) in [5.74, 6) is 0.642. The highest BCUT2D eigenvalue weighted by Gasteiger charge is 2.39. The number of carbonyl (C=O) groups is 2. The number of benzene rings is 1. The van der Waals surface area contributed by atoms with Crippen molar-refractivity contribution >= 4 is 23.1 Å². The van der Waals surface area contributed by atoms with Gasteiger partial charge in [-0.05, 0) is 62.1 Å². The molecule has 7 heteroatoms. The Bertz CT molecular complexity index is 1210. The van der Waals surface area contributed by atoms with E-state index in [-0.39, 0.29) is 17.7 Å². The summed E-state index contributed by atoms with van der Waals surface area (Å²) in [5, 5.41) is 2.96. The fourth-order valence-corrected chi connectivity index (χ4v) is 4.66. The maximum atomic E-state index is 13.1. The lowest BCUT2D eigenvalue weighted by Crippen LogP contribution is -2.48. The monoisotopic (exact) mass is 445 g/mol. The number of hydrogen-bond acceptors (Lipinski definition) is 4. The molecule has 2 unspecified atom stereocenters. The van der Waals surface area contributed by atoms with E-state index >= 15 is 0 Å². The number of aryl methyl sites for hydroxylation is 2. The van der Waals surface area contributed by atoms with Crippen LogP contribution in [0.4, 0.5) is 5.69 Å². The summed E-state index contributed by atoms with van der Waals surface area (Å²) in [6.07, 6.45) is 3.04. The molecule has 2 atom stereocenters. The van der Waals surface area contributed by atoms with Crippen molar-refractivity contribution in [2.24, 2.45) is 11.8 Å². The summed E-state index contributed by atoms with van der Waals surface area (Å²) in [4.78, 5) is 34.3. The van der Waals surface area contributed by atoms with Crippen LogP contribution in [0.25, 0.3) is 5.65 Å². The highest BCUT2D eigenvalue weighted by atomic mass is 16.2. The topological polar surface area (TPSA) is 70.0 Å². The number of piperazine rings is 1. The number of aromatic nitrogens is 2. The van der Waals surface area contributed by atoms with Crippen LogP contribution >= 0.6 is 0 Å². The number of pyridine rings is 1. The zero-order valence-corrected chi connectivity index (χ0v) is 19.5. The Morgan fingerprint density at radius 3 is 2.58 bits per heavy atom. The van der Waals surface area contributed by atoms with Crippen molar-refractivity contribution in [3.8, 4) is 0 Å². The van der Waals surface area contributed by atoms with Gasteiger partial charge in [-0.25, -0.2) is 4.98 Å². The molecule has 2 amide bonds. The van der Waals surface area contributed by atoms with Crippen LogP contribution < -0.4 is 5.32 Å².